The Morgan fingerprint density at radius 3 is 2.77 bits per heavy atom. The van der Waals surface area contributed by atoms with Crippen LogP contribution in [0.4, 0.5) is 5.69 Å². The molecule has 7 nitrogen and oxygen atoms in total. The Morgan fingerprint density at radius 2 is 2.05 bits per heavy atom. The Kier molecular flexibility index (Phi) is 5.60. The third-order valence-electron chi connectivity index (χ3n) is 3.28. The number of anilines is 1. The van der Waals surface area contributed by atoms with Gasteiger partial charge in [-0.2, -0.15) is 0 Å². The van der Waals surface area contributed by atoms with Crippen molar-refractivity contribution < 1.29 is 23.8 Å². The number of carbonyl (C=O) groups is 2. The molecule has 1 aromatic rings. The monoisotopic (exact) mass is 308 g/mol. The van der Waals surface area contributed by atoms with Crippen molar-refractivity contribution in [1.82, 2.24) is 4.90 Å². The lowest BCUT2D eigenvalue weighted by molar-refractivity contribution is -0.130. The first-order valence-electron chi connectivity index (χ1n) is 7.04. The number of nitrogens with zero attached hydrogens (tertiary/aromatic N) is 1. The number of hydrogen-bond acceptors (Lipinski definition) is 5. The summed E-state index contributed by atoms with van der Waals surface area (Å²) in [5, 5.41) is 2.78. The van der Waals surface area contributed by atoms with Gasteiger partial charge in [-0.3, -0.25) is 9.59 Å². The zero-order valence-electron chi connectivity index (χ0n) is 12.8. The van der Waals surface area contributed by atoms with Crippen molar-refractivity contribution in [3.8, 4) is 11.5 Å². The molecular formula is C15H20N2O5. The van der Waals surface area contributed by atoms with Gasteiger partial charge in [-0.1, -0.05) is 0 Å². The molecule has 1 N–H and O–H groups in total. The molecular weight excluding hydrogens is 288 g/mol. The molecule has 0 radical (unpaired) electrons. The molecule has 0 saturated carbocycles. The Balaban J connectivity index is 1.83. The number of amides is 2. The van der Waals surface area contributed by atoms with E-state index in [2.05, 4.69) is 5.32 Å². The van der Waals surface area contributed by atoms with E-state index in [1.54, 1.807) is 30.2 Å². The number of benzene rings is 1. The number of fused-ring (bicyclic) bond motifs is 1. The minimum atomic E-state index is -0.164. The van der Waals surface area contributed by atoms with Crippen LogP contribution in [-0.4, -0.2) is 50.3 Å². The number of rotatable bonds is 7. The molecule has 0 aliphatic carbocycles. The Morgan fingerprint density at radius 1 is 1.27 bits per heavy atom. The molecule has 0 spiro atoms. The third kappa shape index (κ3) is 4.36. The second kappa shape index (κ2) is 7.65. The quantitative estimate of drug-likeness (QED) is 0.820. The van der Waals surface area contributed by atoms with E-state index in [9.17, 15) is 9.59 Å². The molecule has 0 unspecified atom stereocenters. The molecule has 1 heterocycles. The normalized spacial score (nSPS) is 12.1. The van der Waals surface area contributed by atoms with E-state index in [4.69, 9.17) is 14.2 Å². The summed E-state index contributed by atoms with van der Waals surface area (Å²) in [6, 6.07) is 5.21. The molecule has 2 amide bonds. The average Bonchev–Trinajstić information content (AvgIpc) is 2.94. The standard InChI is InChI=1S/C15H20N2O5/c1-11(18)17(7-8-20-2)6-5-15(19)16-12-3-4-13-14(9-12)22-10-21-13/h3-4,9H,5-8,10H2,1-2H3,(H,16,19). The minimum absolute atomic E-state index is 0.0760. The first-order valence-corrected chi connectivity index (χ1v) is 7.04. The van der Waals surface area contributed by atoms with Gasteiger partial charge in [-0.05, 0) is 12.1 Å². The summed E-state index contributed by atoms with van der Waals surface area (Å²) in [5.74, 6) is 1.04. The van der Waals surface area contributed by atoms with E-state index in [1.807, 2.05) is 0 Å². The predicted octanol–water partition coefficient (Wildman–Crippen LogP) is 1.24. The van der Waals surface area contributed by atoms with Gasteiger partial charge >= 0.3 is 0 Å². The number of methoxy groups -OCH3 is 1. The van der Waals surface area contributed by atoms with Gasteiger partial charge in [0.05, 0.1) is 6.61 Å². The molecule has 0 bridgehead atoms. The number of nitrogens with one attached hydrogen (secondary N) is 1. The van der Waals surface area contributed by atoms with E-state index in [0.29, 0.717) is 36.9 Å². The van der Waals surface area contributed by atoms with Crippen LogP contribution in [0.15, 0.2) is 18.2 Å². The first kappa shape index (κ1) is 16.1. The van der Waals surface area contributed by atoms with Crippen LogP contribution in [0.5, 0.6) is 11.5 Å². The van der Waals surface area contributed by atoms with Gasteiger partial charge in [0.15, 0.2) is 11.5 Å². The van der Waals surface area contributed by atoms with E-state index in [-0.39, 0.29) is 25.0 Å². The Labute approximate surface area is 129 Å². The topological polar surface area (TPSA) is 77.1 Å². The van der Waals surface area contributed by atoms with Crippen LogP contribution in [0.25, 0.3) is 0 Å². The highest BCUT2D eigenvalue weighted by Gasteiger charge is 2.15. The lowest BCUT2D eigenvalue weighted by atomic mass is 10.2. The van der Waals surface area contributed by atoms with Gasteiger partial charge in [0.1, 0.15) is 0 Å². The molecule has 1 aliphatic rings. The Hall–Kier alpha value is -2.28. The highest BCUT2D eigenvalue weighted by atomic mass is 16.7. The van der Waals surface area contributed by atoms with Gasteiger partial charge in [-0.25, -0.2) is 0 Å². The average molecular weight is 308 g/mol. The number of ether oxygens (including phenoxy) is 3. The van der Waals surface area contributed by atoms with Crippen molar-refractivity contribution in [2.75, 3.05) is 38.9 Å². The zero-order chi connectivity index (χ0) is 15.9. The molecule has 22 heavy (non-hydrogen) atoms. The van der Waals surface area contributed by atoms with E-state index in [0.717, 1.165) is 0 Å². The fourth-order valence-corrected chi connectivity index (χ4v) is 2.06. The molecule has 0 atom stereocenters. The molecule has 1 aromatic carbocycles. The van der Waals surface area contributed by atoms with Crippen LogP contribution in [0, 0.1) is 0 Å². The molecule has 2 rings (SSSR count). The summed E-state index contributed by atoms with van der Waals surface area (Å²) in [7, 11) is 1.57. The van der Waals surface area contributed by atoms with Gasteiger partial charge in [0.2, 0.25) is 18.6 Å². The summed E-state index contributed by atoms with van der Waals surface area (Å²) >= 11 is 0. The van der Waals surface area contributed by atoms with Crippen LogP contribution >= 0.6 is 0 Å². The number of hydrogen-bond donors (Lipinski definition) is 1. The van der Waals surface area contributed by atoms with Crippen LogP contribution in [0.1, 0.15) is 13.3 Å². The highest BCUT2D eigenvalue weighted by molar-refractivity contribution is 5.91. The highest BCUT2D eigenvalue weighted by Crippen LogP contribution is 2.34. The number of carbonyl (C=O) groups excluding carboxylic acids is 2. The van der Waals surface area contributed by atoms with Crippen molar-refractivity contribution >= 4 is 17.5 Å². The van der Waals surface area contributed by atoms with Crippen molar-refractivity contribution in [3.05, 3.63) is 18.2 Å². The first-order chi connectivity index (χ1) is 10.6. The summed E-state index contributed by atoms with van der Waals surface area (Å²) in [6.07, 6.45) is 0.220. The summed E-state index contributed by atoms with van der Waals surface area (Å²) < 4.78 is 15.4. The third-order valence-corrected chi connectivity index (χ3v) is 3.28. The zero-order valence-corrected chi connectivity index (χ0v) is 12.8. The molecule has 0 fully saturated rings. The van der Waals surface area contributed by atoms with E-state index in [1.165, 1.54) is 6.92 Å². The van der Waals surface area contributed by atoms with Crippen molar-refractivity contribution in [3.63, 3.8) is 0 Å². The lowest BCUT2D eigenvalue weighted by Gasteiger charge is -2.20. The fourth-order valence-electron chi connectivity index (χ4n) is 2.06. The maximum absolute atomic E-state index is 12.0. The molecule has 120 valence electrons. The molecule has 0 saturated heterocycles. The van der Waals surface area contributed by atoms with Gasteiger partial charge in [0.25, 0.3) is 0 Å². The second-order valence-corrected chi connectivity index (χ2v) is 4.87. The van der Waals surface area contributed by atoms with Gasteiger partial charge in [-0.15, -0.1) is 0 Å². The smallest absolute Gasteiger partial charge is 0.231 e. The SMILES string of the molecule is COCCN(CCC(=O)Nc1ccc2c(c1)OCO2)C(C)=O. The summed E-state index contributed by atoms with van der Waals surface area (Å²) in [5.41, 5.74) is 0.639. The minimum Gasteiger partial charge on any atom is -0.454 e. The largest absolute Gasteiger partial charge is 0.454 e. The summed E-state index contributed by atoms with van der Waals surface area (Å²) in [6.45, 7) is 2.95. The fraction of sp³-hybridized carbons (Fsp3) is 0.467. The molecule has 1 aliphatic heterocycles. The van der Waals surface area contributed by atoms with E-state index < -0.39 is 0 Å². The van der Waals surface area contributed by atoms with Crippen LogP contribution in [0.2, 0.25) is 0 Å². The van der Waals surface area contributed by atoms with Crippen LogP contribution in [-0.2, 0) is 14.3 Å². The Bertz CT molecular complexity index is 547. The van der Waals surface area contributed by atoms with Gasteiger partial charge < -0.3 is 24.4 Å². The molecule has 7 heteroatoms. The summed E-state index contributed by atoms with van der Waals surface area (Å²) in [4.78, 5) is 25.0. The van der Waals surface area contributed by atoms with Gasteiger partial charge in [0, 0.05) is 45.3 Å². The van der Waals surface area contributed by atoms with Crippen molar-refractivity contribution in [2.24, 2.45) is 0 Å². The maximum atomic E-state index is 12.0. The van der Waals surface area contributed by atoms with Crippen molar-refractivity contribution in [1.29, 1.82) is 0 Å². The maximum Gasteiger partial charge on any atom is 0.231 e. The molecule has 0 aromatic heterocycles. The van der Waals surface area contributed by atoms with E-state index >= 15 is 0 Å². The van der Waals surface area contributed by atoms with Crippen LogP contribution < -0.4 is 14.8 Å². The van der Waals surface area contributed by atoms with Crippen molar-refractivity contribution in [2.45, 2.75) is 13.3 Å². The predicted molar refractivity (Wildman–Crippen MR) is 79.9 cm³/mol. The second-order valence-electron chi connectivity index (χ2n) is 4.87. The van der Waals surface area contributed by atoms with Crippen LogP contribution in [0.3, 0.4) is 0 Å². The lowest BCUT2D eigenvalue weighted by Crippen LogP contribution is -2.34.